The molecule has 3 fully saturated rings. The molecule has 0 aliphatic carbocycles. The van der Waals surface area contributed by atoms with Crippen LogP contribution in [-0.2, 0) is 20.8 Å². The van der Waals surface area contributed by atoms with Gasteiger partial charge in [-0.05, 0) is 36.6 Å². The van der Waals surface area contributed by atoms with Crippen LogP contribution in [0.15, 0.2) is 24.5 Å². The maximum absolute atomic E-state index is 12.5. The van der Waals surface area contributed by atoms with Crippen molar-refractivity contribution < 1.29 is 14.3 Å². The second kappa shape index (κ2) is 7.81. The van der Waals surface area contributed by atoms with Gasteiger partial charge in [0.25, 0.3) is 0 Å². The molecule has 4 heterocycles. The predicted octanol–water partition coefficient (Wildman–Crippen LogP) is 1.17. The van der Waals surface area contributed by atoms with Crippen molar-refractivity contribution in [1.82, 2.24) is 14.8 Å². The number of morpholine rings is 1. The third kappa shape index (κ3) is 4.02. The second-order valence-corrected chi connectivity index (χ2v) is 7.37. The molecule has 0 aromatic carbocycles. The van der Waals surface area contributed by atoms with Crippen LogP contribution in [0.5, 0.6) is 0 Å². The molecule has 3 aliphatic heterocycles. The van der Waals surface area contributed by atoms with E-state index in [0.717, 1.165) is 45.8 Å². The Kier molecular flexibility index (Phi) is 5.29. The molecule has 3 aliphatic rings. The average Bonchev–Trinajstić information content (AvgIpc) is 3.05. The maximum atomic E-state index is 12.5. The monoisotopic (exact) mass is 345 g/mol. The number of fused-ring (bicyclic) bond motifs is 1. The molecule has 6 heteroatoms. The standard InChI is InChI=1S/C19H27N3O3/c23-19(22-7-9-24-10-8-22)11-18-17-3-6-21(13-16(17)14-25-18)12-15-1-4-20-5-2-15/h1-2,4-5,16-18H,3,6-14H2/t16-,17-,18-/m1/s1. The number of rotatable bonds is 4. The maximum Gasteiger partial charge on any atom is 0.225 e. The lowest BCUT2D eigenvalue weighted by Gasteiger charge is -2.36. The van der Waals surface area contributed by atoms with Gasteiger partial charge < -0.3 is 14.4 Å². The zero-order valence-electron chi connectivity index (χ0n) is 14.7. The molecule has 1 amide bonds. The molecular weight excluding hydrogens is 318 g/mol. The molecule has 1 aromatic heterocycles. The van der Waals surface area contributed by atoms with Gasteiger partial charge in [-0.3, -0.25) is 14.7 Å². The molecule has 0 saturated carbocycles. The first kappa shape index (κ1) is 16.9. The van der Waals surface area contributed by atoms with Gasteiger partial charge in [0.15, 0.2) is 0 Å². The molecule has 25 heavy (non-hydrogen) atoms. The Morgan fingerprint density at radius 1 is 1.20 bits per heavy atom. The van der Waals surface area contributed by atoms with Crippen molar-refractivity contribution in [2.75, 3.05) is 46.0 Å². The normalized spacial score (nSPS) is 30.2. The zero-order valence-corrected chi connectivity index (χ0v) is 14.7. The summed E-state index contributed by atoms with van der Waals surface area (Å²) in [5, 5.41) is 0. The van der Waals surface area contributed by atoms with Gasteiger partial charge >= 0.3 is 0 Å². The number of likely N-dealkylation sites (tertiary alicyclic amines) is 1. The summed E-state index contributed by atoms with van der Waals surface area (Å²) in [6.07, 6.45) is 5.47. The molecule has 0 N–H and O–H groups in total. The number of piperidine rings is 1. The topological polar surface area (TPSA) is 54.9 Å². The van der Waals surface area contributed by atoms with Gasteiger partial charge in [-0.1, -0.05) is 0 Å². The van der Waals surface area contributed by atoms with Crippen molar-refractivity contribution in [1.29, 1.82) is 0 Å². The van der Waals surface area contributed by atoms with Crippen molar-refractivity contribution in [3.8, 4) is 0 Å². The third-order valence-corrected chi connectivity index (χ3v) is 5.77. The molecule has 3 saturated heterocycles. The summed E-state index contributed by atoms with van der Waals surface area (Å²) in [4.78, 5) is 21.0. The lowest BCUT2D eigenvalue weighted by molar-refractivity contribution is -0.138. The number of pyridine rings is 1. The van der Waals surface area contributed by atoms with E-state index < -0.39 is 0 Å². The molecule has 136 valence electrons. The van der Waals surface area contributed by atoms with Gasteiger partial charge in [-0.25, -0.2) is 0 Å². The summed E-state index contributed by atoms with van der Waals surface area (Å²) < 4.78 is 11.4. The quantitative estimate of drug-likeness (QED) is 0.820. The van der Waals surface area contributed by atoms with E-state index in [2.05, 4.69) is 22.0 Å². The summed E-state index contributed by atoms with van der Waals surface area (Å²) in [5.41, 5.74) is 1.31. The Bertz CT molecular complexity index is 577. The number of carbonyl (C=O) groups is 1. The van der Waals surface area contributed by atoms with Crippen LogP contribution in [-0.4, -0.2) is 72.8 Å². The van der Waals surface area contributed by atoms with Crippen LogP contribution in [0.1, 0.15) is 18.4 Å². The van der Waals surface area contributed by atoms with Crippen molar-refractivity contribution in [3.63, 3.8) is 0 Å². The highest BCUT2D eigenvalue weighted by atomic mass is 16.5. The van der Waals surface area contributed by atoms with Crippen LogP contribution in [0.3, 0.4) is 0 Å². The van der Waals surface area contributed by atoms with Gasteiger partial charge in [0.2, 0.25) is 5.91 Å². The number of hydrogen-bond acceptors (Lipinski definition) is 5. The van der Waals surface area contributed by atoms with Crippen molar-refractivity contribution in [2.24, 2.45) is 11.8 Å². The molecule has 6 nitrogen and oxygen atoms in total. The molecular formula is C19H27N3O3. The SMILES string of the molecule is O=C(C[C@H]1OC[C@H]2CN(Cc3ccncc3)CC[C@H]21)N1CCOCC1. The third-order valence-electron chi connectivity index (χ3n) is 5.77. The number of ether oxygens (including phenoxy) is 2. The average molecular weight is 345 g/mol. The van der Waals surface area contributed by atoms with Crippen LogP contribution in [0.2, 0.25) is 0 Å². The lowest BCUT2D eigenvalue weighted by Crippen LogP contribution is -2.44. The lowest BCUT2D eigenvalue weighted by atomic mass is 9.83. The summed E-state index contributed by atoms with van der Waals surface area (Å²) in [7, 11) is 0. The van der Waals surface area contributed by atoms with E-state index in [-0.39, 0.29) is 12.0 Å². The van der Waals surface area contributed by atoms with E-state index in [1.54, 1.807) is 0 Å². The predicted molar refractivity (Wildman–Crippen MR) is 92.9 cm³/mol. The fraction of sp³-hybridized carbons (Fsp3) is 0.684. The van der Waals surface area contributed by atoms with Crippen LogP contribution in [0.25, 0.3) is 0 Å². The number of nitrogens with zero attached hydrogens (tertiary/aromatic N) is 3. The Morgan fingerprint density at radius 3 is 2.80 bits per heavy atom. The number of aromatic nitrogens is 1. The van der Waals surface area contributed by atoms with E-state index in [9.17, 15) is 4.79 Å². The first-order valence-corrected chi connectivity index (χ1v) is 9.38. The summed E-state index contributed by atoms with van der Waals surface area (Å²) in [5.74, 6) is 1.31. The highest BCUT2D eigenvalue weighted by Gasteiger charge is 2.41. The van der Waals surface area contributed by atoms with Gasteiger partial charge in [0.05, 0.1) is 32.3 Å². The summed E-state index contributed by atoms with van der Waals surface area (Å²) >= 11 is 0. The van der Waals surface area contributed by atoms with Gasteiger partial charge in [0.1, 0.15) is 0 Å². The molecule has 4 rings (SSSR count). The minimum atomic E-state index is 0.100. The minimum Gasteiger partial charge on any atom is -0.378 e. The molecule has 0 spiro atoms. The number of amides is 1. The van der Waals surface area contributed by atoms with Crippen LogP contribution in [0.4, 0.5) is 0 Å². The molecule has 0 radical (unpaired) electrons. The fourth-order valence-electron chi connectivity index (χ4n) is 4.38. The van der Waals surface area contributed by atoms with Crippen molar-refractivity contribution >= 4 is 5.91 Å². The molecule has 0 bridgehead atoms. The van der Waals surface area contributed by atoms with Gasteiger partial charge in [0, 0.05) is 44.5 Å². The van der Waals surface area contributed by atoms with Crippen molar-refractivity contribution in [2.45, 2.75) is 25.5 Å². The smallest absolute Gasteiger partial charge is 0.225 e. The van der Waals surface area contributed by atoms with Gasteiger partial charge in [-0.15, -0.1) is 0 Å². The first-order chi connectivity index (χ1) is 12.3. The zero-order chi connectivity index (χ0) is 17.1. The summed E-state index contributed by atoms with van der Waals surface area (Å²) in [6, 6.07) is 4.17. The Hall–Kier alpha value is -1.50. The summed E-state index contributed by atoms with van der Waals surface area (Å²) in [6.45, 7) is 6.67. The van der Waals surface area contributed by atoms with Gasteiger partial charge in [-0.2, -0.15) is 0 Å². The molecule has 1 aromatic rings. The second-order valence-electron chi connectivity index (χ2n) is 7.37. The minimum absolute atomic E-state index is 0.100. The van der Waals surface area contributed by atoms with Crippen molar-refractivity contribution in [3.05, 3.63) is 30.1 Å². The highest BCUT2D eigenvalue weighted by Crippen LogP contribution is 2.36. The number of hydrogen-bond donors (Lipinski definition) is 0. The van der Waals surface area contributed by atoms with E-state index in [0.29, 0.717) is 31.5 Å². The fourth-order valence-corrected chi connectivity index (χ4v) is 4.38. The Morgan fingerprint density at radius 2 is 2.00 bits per heavy atom. The van der Waals surface area contributed by atoms with Crippen LogP contribution >= 0.6 is 0 Å². The molecule has 0 unspecified atom stereocenters. The van der Waals surface area contributed by atoms with Crippen LogP contribution < -0.4 is 0 Å². The number of carbonyl (C=O) groups excluding carboxylic acids is 1. The van der Waals surface area contributed by atoms with E-state index >= 15 is 0 Å². The Balaban J connectivity index is 1.29. The molecule has 3 atom stereocenters. The highest BCUT2D eigenvalue weighted by molar-refractivity contribution is 5.76. The van der Waals surface area contributed by atoms with E-state index in [1.807, 2.05) is 17.3 Å². The van der Waals surface area contributed by atoms with Crippen LogP contribution in [0, 0.1) is 11.8 Å². The first-order valence-electron chi connectivity index (χ1n) is 9.38. The Labute approximate surface area is 149 Å². The largest absolute Gasteiger partial charge is 0.378 e. The van der Waals surface area contributed by atoms with E-state index in [1.165, 1.54) is 5.56 Å². The van der Waals surface area contributed by atoms with E-state index in [4.69, 9.17) is 9.47 Å².